The van der Waals surface area contributed by atoms with Crippen LogP contribution in [0.3, 0.4) is 0 Å². The molecule has 3 rings (SSSR count). The third-order valence-corrected chi connectivity index (χ3v) is 4.88. The minimum atomic E-state index is -4.78. The Labute approximate surface area is 161 Å². The van der Waals surface area contributed by atoms with Crippen molar-refractivity contribution in [2.24, 2.45) is 5.10 Å². The SMILES string of the molecule is C/C(=N/NC(=O)c1cnn(-c2ccccc2)c1C(F)(F)F)c1ccc(Cl)s1. The van der Waals surface area contributed by atoms with Gasteiger partial charge >= 0.3 is 6.18 Å². The average Bonchev–Trinajstić information content (AvgIpc) is 3.26. The number of carbonyl (C=O) groups excluding carboxylic acids is 1. The van der Waals surface area contributed by atoms with E-state index in [1.807, 2.05) is 0 Å². The van der Waals surface area contributed by atoms with Gasteiger partial charge in [0.2, 0.25) is 0 Å². The fourth-order valence-corrected chi connectivity index (χ4v) is 3.30. The molecule has 0 atom stereocenters. The molecule has 0 aliphatic heterocycles. The standard InChI is InChI=1S/C17H12ClF3N4OS/c1-10(13-7-8-14(18)27-13)23-24-16(26)12-9-22-25(15(12)17(19,20)21)11-5-3-2-4-6-11/h2-9H,1H3,(H,24,26)/b23-10-. The third-order valence-electron chi connectivity index (χ3n) is 3.54. The first kappa shape index (κ1) is 19.1. The molecule has 0 aliphatic carbocycles. The highest BCUT2D eigenvalue weighted by atomic mass is 35.5. The third kappa shape index (κ3) is 4.20. The number of nitrogens with one attached hydrogen (secondary N) is 1. The Kier molecular flexibility index (Phi) is 5.33. The van der Waals surface area contributed by atoms with Crippen LogP contribution in [0.1, 0.15) is 27.9 Å². The van der Waals surface area contributed by atoms with Crippen molar-refractivity contribution < 1.29 is 18.0 Å². The Morgan fingerprint density at radius 1 is 1.22 bits per heavy atom. The highest BCUT2D eigenvalue weighted by Gasteiger charge is 2.40. The molecule has 0 unspecified atom stereocenters. The molecule has 27 heavy (non-hydrogen) atoms. The molecule has 0 saturated carbocycles. The van der Waals surface area contributed by atoms with Gasteiger partial charge in [-0.15, -0.1) is 11.3 Å². The largest absolute Gasteiger partial charge is 0.434 e. The smallest absolute Gasteiger partial charge is 0.267 e. The zero-order valence-electron chi connectivity index (χ0n) is 13.8. The minimum absolute atomic E-state index is 0.191. The monoisotopic (exact) mass is 412 g/mol. The van der Waals surface area contributed by atoms with Crippen LogP contribution in [0.4, 0.5) is 13.2 Å². The second-order valence-electron chi connectivity index (χ2n) is 5.39. The predicted molar refractivity (Wildman–Crippen MR) is 97.6 cm³/mol. The van der Waals surface area contributed by atoms with Crippen LogP contribution >= 0.6 is 22.9 Å². The molecule has 2 heterocycles. The summed E-state index contributed by atoms with van der Waals surface area (Å²) in [6.07, 6.45) is -3.91. The highest BCUT2D eigenvalue weighted by molar-refractivity contribution is 7.18. The van der Waals surface area contributed by atoms with Crippen LogP contribution in [0, 0.1) is 0 Å². The van der Waals surface area contributed by atoms with Gasteiger partial charge in [-0.25, -0.2) is 10.1 Å². The van der Waals surface area contributed by atoms with Crippen molar-refractivity contribution in [2.75, 3.05) is 0 Å². The van der Waals surface area contributed by atoms with Gasteiger partial charge in [-0.1, -0.05) is 29.8 Å². The molecule has 1 amide bonds. The summed E-state index contributed by atoms with van der Waals surface area (Å²) in [4.78, 5) is 13.0. The van der Waals surface area contributed by atoms with Crippen molar-refractivity contribution in [1.29, 1.82) is 0 Å². The number of hydrogen-bond acceptors (Lipinski definition) is 4. The molecule has 0 radical (unpaired) electrons. The second kappa shape index (κ2) is 7.53. The Balaban J connectivity index is 1.92. The molecule has 2 aromatic heterocycles. The van der Waals surface area contributed by atoms with Crippen molar-refractivity contribution in [3.8, 4) is 5.69 Å². The van der Waals surface area contributed by atoms with Crippen LogP contribution in [-0.4, -0.2) is 21.4 Å². The minimum Gasteiger partial charge on any atom is -0.267 e. The van der Waals surface area contributed by atoms with E-state index in [0.29, 0.717) is 19.6 Å². The predicted octanol–water partition coefficient (Wildman–Crippen LogP) is 4.76. The van der Waals surface area contributed by atoms with E-state index in [1.54, 1.807) is 37.3 Å². The maximum atomic E-state index is 13.6. The van der Waals surface area contributed by atoms with Crippen molar-refractivity contribution in [2.45, 2.75) is 13.1 Å². The number of hydrazone groups is 1. The van der Waals surface area contributed by atoms with Crippen LogP contribution in [-0.2, 0) is 6.18 Å². The molecule has 0 spiro atoms. The molecule has 10 heteroatoms. The van der Waals surface area contributed by atoms with Gasteiger partial charge in [0.15, 0.2) is 5.69 Å². The summed E-state index contributed by atoms with van der Waals surface area (Å²) < 4.78 is 41.9. The number of alkyl halides is 3. The van der Waals surface area contributed by atoms with Crippen LogP contribution in [0.2, 0.25) is 4.34 Å². The quantitative estimate of drug-likeness (QED) is 0.496. The number of thiophene rings is 1. The van der Waals surface area contributed by atoms with Gasteiger partial charge in [-0.2, -0.15) is 23.4 Å². The summed E-state index contributed by atoms with van der Waals surface area (Å²) in [5, 5.41) is 7.59. The first-order chi connectivity index (χ1) is 12.8. The topological polar surface area (TPSA) is 59.3 Å². The number of benzene rings is 1. The molecular formula is C17H12ClF3N4OS. The number of aromatic nitrogens is 2. The van der Waals surface area contributed by atoms with Crippen molar-refractivity contribution >= 4 is 34.6 Å². The molecule has 140 valence electrons. The van der Waals surface area contributed by atoms with Crippen molar-refractivity contribution in [1.82, 2.24) is 15.2 Å². The summed E-state index contributed by atoms with van der Waals surface area (Å²) in [5.41, 5.74) is 0.968. The number of halogens is 4. The molecule has 1 aromatic carbocycles. The van der Waals surface area contributed by atoms with Gasteiger partial charge in [0.05, 0.1) is 32.4 Å². The maximum absolute atomic E-state index is 13.6. The Morgan fingerprint density at radius 2 is 1.93 bits per heavy atom. The summed E-state index contributed by atoms with van der Waals surface area (Å²) >= 11 is 7.07. The van der Waals surface area contributed by atoms with Crippen molar-refractivity contribution in [3.63, 3.8) is 0 Å². The zero-order chi connectivity index (χ0) is 19.6. The van der Waals surface area contributed by atoms with E-state index in [4.69, 9.17) is 11.6 Å². The molecule has 0 fully saturated rings. The zero-order valence-corrected chi connectivity index (χ0v) is 15.4. The fraction of sp³-hybridized carbons (Fsp3) is 0.118. The van der Waals surface area contributed by atoms with Gasteiger partial charge in [0.25, 0.3) is 5.91 Å². The maximum Gasteiger partial charge on any atom is 0.434 e. The molecular weight excluding hydrogens is 401 g/mol. The number of para-hydroxylation sites is 1. The van der Waals surface area contributed by atoms with Crippen LogP contribution in [0.25, 0.3) is 5.69 Å². The van der Waals surface area contributed by atoms with E-state index in [9.17, 15) is 18.0 Å². The van der Waals surface area contributed by atoms with E-state index >= 15 is 0 Å². The van der Waals surface area contributed by atoms with Crippen LogP contribution < -0.4 is 5.43 Å². The molecule has 0 aliphatic rings. The Bertz CT molecular complexity index is 995. The lowest BCUT2D eigenvalue weighted by molar-refractivity contribution is -0.143. The fourth-order valence-electron chi connectivity index (χ4n) is 2.31. The lowest BCUT2D eigenvalue weighted by atomic mass is 10.2. The molecule has 3 aromatic rings. The highest BCUT2D eigenvalue weighted by Crippen LogP contribution is 2.33. The van der Waals surface area contributed by atoms with E-state index < -0.39 is 23.3 Å². The van der Waals surface area contributed by atoms with Crippen LogP contribution in [0.5, 0.6) is 0 Å². The molecule has 0 saturated heterocycles. The van der Waals surface area contributed by atoms with Crippen LogP contribution in [0.15, 0.2) is 53.8 Å². The molecule has 1 N–H and O–H groups in total. The van der Waals surface area contributed by atoms with Gasteiger partial charge < -0.3 is 0 Å². The second-order valence-corrected chi connectivity index (χ2v) is 7.11. The molecule has 5 nitrogen and oxygen atoms in total. The molecule has 0 bridgehead atoms. The summed E-state index contributed by atoms with van der Waals surface area (Å²) in [6.45, 7) is 1.61. The number of nitrogens with zero attached hydrogens (tertiary/aromatic N) is 3. The summed E-state index contributed by atoms with van der Waals surface area (Å²) in [5.74, 6) is -1.01. The van der Waals surface area contributed by atoms with E-state index in [0.717, 1.165) is 6.20 Å². The lowest BCUT2D eigenvalue weighted by Gasteiger charge is -2.12. The number of carbonyl (C=O) groups is 1. The number of amides is 1. The average molecular weight is 413 g/mol. The lowest BCUT2D eigenvalue weighted by Crippen LogP contribution is -2.24. The van der Waals surface area contributed by atoms with Gasteiger partial charge in [0, 0.05) is 0 Å². The number of hydrogen-bond donors (Lipinski definition) is 1. The normalized spacial score (nSPS) is 12.3. The Hall–Kier alpha value is -2.65. The first-order valence-electron chi connectivity index (χ1n) is 7.58. The van der Waals surface area contributed by atoms with E-state index in [-0.39, 0.29) is 5.69 Å². The van der Waals surface area contributed by atoms with Gasteiger partial charge in [-0.3, -0.25) is 4.79 Å². The first-order valence-corrected chi connectivity index (χ1v) is 8.78. The Morgan fingerprint density at radius 3 is 2.52 bits per heavy atom. The van der Waals surface area contributed by atoms with Crippen molar-refractivity contribution in [3.05, 3.63) is 69.1 Å². The summed E-state index contributed by atoms with van der Waals surface area (Å²) in [6, 6.07) is 11.1. The van der Waals surface area contributed by atoms with E-state index in [1.165, 1.54) is 23.5 Å². The summed E-state index contributed by atoms with van der Waals surface area (Å²) in [7, 11) is 0. The van der Waals surface area contributed by atoms with Gasteiger partial charge in [-0.05, 0) is 31.2 Å². The van der Waals surface area contributed by atoms with Gasteiger partial charge in [0.1, 0.15) is 0 Å². The van der Waals surface area contributed by atoms with E-state index in [2.05, 4.69) is 15.6 Å². The number of rotatable bonds is 4.